The first-order valence-electron chi connectivity index (χ1n) is 41.5. The lowest BCUT2D eigenvalue weighted by Gasteiger charge is -2.22. The van der Waals surface area contributed by atoms with E-state index in [-0.39, 0.29) is 5.41 Å². The first-order valence-corrected chi connectivity index (χ1v) is 41.5. The minimum Gasteiger partial charge on any atom is -0.194 e. The second-order valence-corrected chi connectivity index (χ2v) is 33.6. The average molecular weight is 1550 g/mol. The largest absolute Gasteiger partial charge is 0.218 e. The number of pyridine rings is 8. The Balaban J connectivity index is 0.000000124. The monoisotopic (exact) mass is 1540 g/mol. The number of hydrogen-bond acceptors (Lipinski definition) is 0. The summed E-state index contributed by atoms with van der Waals surface area (Å²) in [6, 6.07) is 103. The Bertz CT molecular complexity index is 7010. The van der Waals surface area contributed by atoms with Gasteiger partial charge in [-0.05, 0) is 188 Å². The van der Waals surface area contributed by atoms with Crippen LogP contribution in [0.25, 0.3) is 133 Å². The maximum atomic E-state index is 2.43. The zero-order chi connectivity index (χ0) is 83.3. The van der Waals surface area contributed by atoms with Gasteiger partial charge in [0.2, 0.25) is 78.6 Å². The highest BCUT2D eigenvalue weighted by Crippen LogP contribution is 2.38. The van der Waals surface area contributed by atoms with Crippen LogP contribution in [-0.4, -0.2) is 0 Å². The van der Waals surface area contributed by atoms with Crippen molar-refractivity contribution in [2.45, 2.75) is 123 Å². The number of para-hydroxylation sites is 6. The van der Waals surface area contributed by atoms with E-state index in [0.717, 1.165) is 0 Å². The van der Waals surface area contributed by atoms with Crippen molar-refractivity contribution in [3.05, 3.63) is 381 Å². The quantitative estimate of drug-likeness (QED) is 0.136. The Morgan fingerprint density at radius 2 is 0.636 bits per heavy atom. The predicted molar refractivity (Wildman–Crippen MR) is 488 cm³/mol. The number of aromatic nitrogens is 8. The van der Waals surface area contributed by atoms with Crippen molar-refractivity contribution in [1.29, 1.82) is 0 Å². The van der Waals surface area contributed by atoms with Gasteiger partial charge in [-0.25, -0.2) is 0 Å². The van der Waals surface area contributed by atoms with Crippen LogP contribution in [0.5, 0.6) is 0 Å². The summed E-state index contributed by atoms with van der Waals surface area (Å²) in [6.07, 6.45) is 4.30. The maximum Gasteiger partial charge on any atom is 0.218 e. The number of fused-ring (bicyclic) bond motifs is 6. The van der Waals surface area contributed by atoms with Crippen LogP contribution in [-0.2, 0) is 33.6 Å². The van der Waals surface area contributed by atoms with E-state index in [9.17, 15) is 0 Å². The molecular weight excluding hydrogens is 1430 g/mol. The Hall–Kier alpha value is -13.0. The van der Waals surface area contributed by atoms with E-state index in [0.29, 0.717) is 0 Å². The Morgan fingerprint density at radius 3 is 1.12 bits per heavy atom. The Morgan fingerprint density at radius 1 is 0.246 bits per heavy atom. The molecule has 0 aliphatic heterocycles. The van der Waals surface area contributed by atoms with Crippen LogP contribution in [0.15, 0.2) is 298 Å². The van der Waals surface area contributed by atoms with E-state index in [2.05, 4.69) is 480 Å². The van der Waals surface area contributed by atoms with Gasteiger partial charge in [0, 0.05) is 202 Å². The highest BCUT2D eigenvalue weighted by atomic mass is 15.0. The summed E-state index contributed by atoms with van der Waals surface area (Å²) >= 11 is 0. The summed E-state index contributed by atoms with van der Waals surface area (Å²) in [5.41, 5.74) is 42.0. The molecule has 0 N–H and O–H groups in total. The SMILES string of the molecule is Cc1cc(-c2c(C)cc3ccccc3[n+]2C)c(C)c(-[n+]2ccccc2C)c1.Cc1cc(C)c(-[n+]2ccccc2C)c(C)c1-c1ccc2ccccc2[n+]1C.Cc1cc2ccccc2[n+](C)c1-c1cc(C(C)(C)C)cc(-[n+]2c(C)ccc3ccccc32)c1C.Cc1cc2ccccc2[n+](C)c1-c1cccc(-[n+]2c(C)ccc3ccccc32)c1C. The molecule has 0 saturated carbocycles. The van der Waals surface area contributed by atoms with Crippen molar-refractivity contribution in [3.63, 3.8) is 0 Å². The molecule has 0 spiro atoms. The molecule has 118 heavy (non-hydrogen) atoms. The van der Waals surface area contributed by atoms with E-state index in [1.165, 1.54) is 217 Å². The summed E-state index contributed by atoms with van der Waals surface area (Å²) in [6.45, 7) is 37.9. The summed E-state index contributed by atoms with van der Waals surface area (Å²) in [4.78, 5) is 0. The molecule has 0 saturated heterocycles. The average Bonchev–Trinajstić information content (AvgIpc) is 0.738. The van der Waals surface area contributed by atoms with Crippen molar-refractivity contribution in [2.24, 2.45) is 28.2 Å². The molecule has 10 aromatic carbocycles. The number of rotatable bonds is 8. The first-order chi connectivity index (χ1) is 56.7. The molecule has 0 atom stereocenters. The van der Waals surface area contributed by atoms with Crippen molar-refractivity contribution in [3.8, 4) is 67.8 Å². The first kappa shape index (κ1) is 80.2. The van der Waals surface area contributed by atoms with Crippen molar-refractivity contribution in [2.75, 3.05) is 0 Å². The van der Waals surface area contributed by atoms with Crippen LogP contribution in [0.4, 0.5) is 0 Å². The lowest BCUT2D eigenvalue weighted by molar-refractivity contribution is -0.634. The highest BCUT2D eigenvalue weighted by molar-refractivity contribution is 5.85. The molecule has 18 rings (SSSR count). The van der Waals surface area contributed by atoms with Gasteiger partial charge in [0.25, 0.3) is 0 Å². The van der Waals surface area contributed by atoms with Gasteiger partial charge >= 0.3 is 0 Å². The number of nitrogens with zero attached hydrogens (tertiary/aromatic N) is 8. The molecular formula is C110H112N8+8. The molecule has 584 valence electrons. The van der Waals surface area contributed by atoms with Gasteiger partial charge in [0.05, 0.1) is 22.3 Å². The molecule has 0 aliphatic carbocycles. The van der Waals surface area contributed by atoms with Crippen molar-refractivity contribution >= 4 is 65.4 Å². The fraction of sp³-hybridized carbons (Fsp3) is 0.200. The van der Waals surface area contributed by atoms with Gasteiger partial charge in [0.1, 0.15) is 28.2 Å². The van der Waals surface area contributed by atoms with Crippen LogP contribution >= 0.6 is 0 Å². The van der Waals surface area contributed by atoms with Crippen molar-refractivity contribution in [1.82, 2.24) is 0 Å². The molecule has 8 nitrogen and oxygen atoms in total. The zero-order valence-corrected chi connectivity index (χ0v) is 72.9. The van der Waals surface area contributed by atoms with E-state index in [1.807, 2.05) is 0 Å². The summed E-state index contributed by atoms with van der Waals surface area (Å²) < 4.78 is 18.7. The second-order valence-electron chi connectivity index (χ2n) is 33.6. The van der Waals surface area contributed by atoms with Gasteiger partial charge < -0.3 is 0 Å². The molecule has 0 bridgehead atoms. The molecule has 0 fully saturated rings. The minimum atomic E-state index is 0.0274. The van der Waals surface area contributed by atoms with Crippen LogP contribution in [0.2, 0.25) is 0 Å². The van der Waals surface area contributed by atoms with Crippen LogP contribution in [0.3, 0.4) is 0 Å². The molecule has 0 unspecified atom stereocenters. The number of benzene rings is 10. The Kier molecular flexibility index (Phi) is 22.4. The van der Waals surface area contributed by atoms with Crippen LogP contribution in [0.1, 0.15) is 105 Å². The summed E-state index contributed by atoms with van der Waals surface area (Å²) in [5.74, 6) is 0. The smallest absolute Gasteiger partial charge is 0.194 e. The van der Waals surface area contributed by atoms with E-state index in [4.69, 9.17) is 0 Å². The van der Waals surface area contributed by atoms with Crippen LogP contribution < -0.4 is 36.5 Å². The third kappa shape index (κ3) is 15.1. The molecule has 0 amide bonds. The predicted octanol–water partition coefficient (Wildman–Crippen LogP) is 22.4. The molecule has 0 aliphatic rings. The highest BCUT2D eigenvalue weighted by Gasteiger charge is 2.33. The molecule has 8 heterocycles. The van der Waals surface area contributed by atoms with E-state index in [1.54, 1.807) is 0 Å². The molecule has 0 radical (unpaired) electrons. The fourth-order valence-electron chi connectivity index (χ4n) is 18.4. The third-order valence-electron chi connectivity index (χ3n) is 24.4. The van der Waals surface area contributed by atoms with Gasteiger partial charge in [0.15, 0.2) is 35.2 Å². The van der Waals surface area contributed by atoms with Gasteiger partial charge in [-0.3, -0.25) is 0 Å². The molecule has 8 heteroatoms. The number of aryl methyl sites for hydroxylation is 14. The third-order valence-corrected chi connectivity index (χ3v) is 24.4. The van der Waals surface area contributed by atoms with Crippen molar-refractivity contribution < 1.29 is 36.5 Å². The summed E-state index contributed by atoms with van der Waals surface area (Å²) in [5, 5.41) is 7.59. The molecule has 8 aromatic heterocycles. The molecule has 18 aromatic rings. The number of hydrogen-bond donors (Lipinski definition) is 0. The van der Waals surface area contributed by atoms with Crippen LogP contribution in [0, 0.1) is 96.9 Å². The summed E-state index contributed by atoms with van der Waals surface area (Å²) in [7, 11) is 8.71. The lowest BCUT2D eigenvalue weighted by atomic mass is 9.83. The fourth-order valence-corrected chi connectivity index (χ4v) is 18.4. The van der Waals surface area contributed by atoms with Gasteiger partial charge in [-0.1, -0.05) is 112 Å². The van der Waals surface area contributed by atoms with Gasteiger partial charge in [-0.2, -0.15) is 36.5 Å². The van der Waals surface area contributed by atoms with E-state index < -0.39 is 0 Å². The van der Waals surface area contributed by atoms with Gasteiger partial charge in [-0.15, -0.1) is 0 Å². The second kappa shape index (κ2) is 32.9. The van der Waals surface area contributed by atoms with E-state index >= 15 is 0 Å². The minimum absolute atomic E-state index is 0.0274. The Labute approximate surface area is 698 Å². The lowest BCUT2D eigenvalue weighted by Crippen LogP contribution is -2.38. The zero-order valence-electron chi connectivity index (χ0n) is 72.9. The standard InChI is InChI=1S/C32H34N2.C28H26N2.2C25H26N2/c1-21-18-25-13-9-10-14-28(25)33(7)31(21)27-19-26(32(4,5)6)20-30(23(27)3)34-22(2)16-17-24-12-8-11-15-29(24)34;1-19-18-23-11-6-7-13-26(23)29(4)28(19)24-12-9-15-25(21(24)3)30-20(2)16-17-22-10-5-8-14-27(22)30;1-17-16-18(2)25(27-15-9-8-10-19(27)3)20(4)24(17)23-14-13-21-11-6-7-12-22(21)26(23)5;1-17-14-22(20(4)24(15-17)27-13-9-8-10-19(27)3)25-18(2)16-21-11-6-7-12-23(21)26(25)5/h8-20H,1-7H3;5-18H,1-4H3;2*6-16H,1-5H3/q4*+2. The normalized spacial score (nSPS) is 11.4. The maximum absolute atomic E-state index is 2.43. The topological polar surface area (TPSA) is 31.0 Å².